The SMILES string of the molecule is CCC1(C)CN(C(=O)NC(c2ncccc2C)C(C)C)CCO1. The van der Waals surface area contributed by atoms with Crippen LogP contribution < -0.4 is 5.32 Å². The van der Waals surface area contributed by atoms with Crippen molar-refractivity contribution in [1.82, 2.24) is 15.2 Å². The van der Waals surface area contributed by atoms with Gasteiger partial charge in [-0.3, -0.25) is 4.98 Å². The molecule has 1 aliphatic heterocycles. The molecule has 0 aromatic carbocycles. The summed E-state index contributed by atoms with van der Waals surface area (Å²) < 4.78 is 5.82. The van der Waals surface area contributed by atoms with Crippen LogP contribution in [0.4, 0.5) is 4.79 Å². The van der Waals surface area contributed by atoms with Gasteiger partial charge in [0.15, 0.2) is 0 Å². The van der Waals surface area contributed by atoms with E-state index in [1.165, 1.54) is 0 Å². The summed E-state index contributed by atoms with van der Waals surface area (Å²) in [6, 6.07) is 3.84. The summed E-state index contributed by atoms with van der Waals surface area (Å²) in [6.07, 6.45) is 2.68. The number of nitrogens with zero attached hydrogens (tertiary/aromatic N) is 2. The van der Waals surface area contributed by atoms with E-state index < -0.39 is 0 Å². The molecule has 1 aliphatic rings. The van der Waals surface area contributed by atoms with E-state index in [4.69, 9.17) is 4.74 Å². The van der Waals surface area contributed by atoms with E-state index in [-0.39, 0.29) is 23.6 Å². The van der Waals surface area contributed by atoms with Crippen LogP contribution in [0.2, 0.25) is 0 Å². The molecule has 1 aromatic rings. The van der Waals surface area contributed by atoms with Crippen LogP contribution in [0, 0.1) is 12.8 Å². The molecule has 1 N–H and O–H groups in total. The number of hydrogen-bond donors (Lipinski definition) is 1. The number of ether oxygens (including phenoxy) is 1. The molecule has 5 nitrogen and oxygen atoms in total. The second kappa shape index (κ2) is 7.30. The average molecular weight is 319 g/mol. The van der Waals surface area contributed by atoms with Gasteiger partial charge in [-0.1, -0.05) is 26.8 Å². The number of carbonyl (C=O) groups is 1. The molecule has 23 heavy (non-hydrogen) atoms. The molecule has 2 amide bonds. The molecular weight excluding hydrogens is 290 g/mol. The number of carbonyl (C=O) groups excluding carboxylic acids is 1. The Morgan fingerprint density at radius 2 is 2.26 bits per heavy atom. The number of morpholine rings is 1. The van der Waals surface area contributed by atoms with Gasteiger partial charge >= 0.3 is 6.03 Å². The Kier molecular flexibility index (Phi) is 5.63. The Morgan fingerprint density at radius 3 is 2.87 bits per heavy atom. The van der Waals surface area contributed by atoms with E-state index in [1.54, 1.807) is 6.20 Å². The lowest BCUT2D eigenvalue weighted by Gasteiger charge is -2.40. The fourth-order valence-electron chi connectivity index (χ4n) is 2.92. The third-order valence-corrected chi connectivity index (χ3v) is 4.66. The van der Waals surface area contributed by atoms with E-state index in [0.717, 1.165) is 17.7 Å². The highest BCUT2D eigenvalue weighted by atomic mass is 16.5. The standard InChI is InChI=1S/C18H29N3O2/c1-6-18(5)12-21(10-11-23-18)17(22)20-15(13(2)3)16-14(4)8-7-9-19-16/h7-9,13,15H,6,10-12H2,1-5H3,(H,20,22). The summed E-state index contributed by atoms with van der Waals surface area (Å²) >= 11 is 0. The third-order valence-electron chi connectivity index (χ3n) is 4.66. The van der Waals surface area contributed by atoms with Gasteiger partial charge in [0.2, 0.25) is 0 Å². The molecule has 1 fully saturated rings. The van der Waals surface area contributed by atoms with Crippen LogP contribution in [-0.4, -0.2) is 41.2 Å². The van der Waals surface area contributed by atoms with Crippen molar-refractivity contribution in [2.75, 3.05) is 19.7 Å². The lowest BCUT2D eigenvalue weighted by molar-refractivity contribution is -0.0875. The lowest BCUT2D eigenvalue weighted by atomic mass is 9.97. The number of amides is 2. The summed E-state index contributed by atoms with van der Waals surface area (Å²) in [7, 11) is 0. The maximum absolute atomic E-state index is 12.7. The molecule has 0 bridgehead atoms. The van der Waals surface area contributed by atoms with Crippen molar-refractivity contribution in [1.29, 1.82) is 0 Å². The first-order valence-electron chi connectivity index (χ1n) is 8.47. The van der Waals surface area contributed by atoms with Crippen LogP contribution in [0.5, 0.6) is 0 Å². The Balaban J connectivity index is 2.11. The van der Waals surface area contributed by atoms with Crippen molar-refractivity contribution in [3.05, 3.63) is 29.6 Å². The second-order valence-electron chi connectivity index (χ2n) is 6.95. The van der Waals surface area contributed by atoms with E-state index >= 15 is 0 Å². The molecule has 0 radical (unpaired) electrons. The van der Waals surface area contributed by atoms with Gasteiger partial charge in [0.25, 0.3) is 0 Å². The predicted molar refractivity (Wildman–Crippen MR) is 91.3 cm³/mol. The average Bonchev–Trinajstić information content (AvgIpc) is 2.53. The zero-order chi connectivity index (χ0) is 17.0. The number of aryl methyl sites for hydroxylation is 1. The van der Waals surface area contributed by atoms with Crippen molar-refractivity contribution in [3.8, 4) is 0 Å². The zero-order valence-electron chi connectivity index (χ0n) is 14.9. The van der Waals surface area contributed by atoms with E-state index in [0.29, 0.717) is 19.7 Å². The fraction of sp³-hybridized carbons (Fsp3) is 0.667. The van der Waals surface area contributed by atoms with Crippen molar-refractivity contribution < 1.29 is 9.53 Å². The van der Waals surface area contributed by atoms with Gasteiger partial charge in [0, 0.05) is 12.7 Å². The van der Waals surface area contributed by atoms with Crippen LogP contribution in [0.25, 0.3) is 0 Å². The van der Waals surface area contributed by atoms with Gasteiger partial charge in [-0.25, -0.2) is 4.79 Å². The summed E-state index contributed by atoms with van der Waals surface area (Å²) in [5.41, 5.74) is 1.80. The van der Waals surface area contributed by atoms with Crippen molar-refractivity contribution >= 4 is 6.03 Å². The molecule has 2 atom stereocenters. The number of urea groups is 1. The third kappa shape index (κ3) is 4.22. The molecule has 0 aliphatic carbocycles. The molecule has 0 saturated carbocycles. The quantitative estimate of drug-likeness (QED) is 0.926. The Morgan fingerprint density at radius 1 is 1.52 bits per heavy atom. The molecule has 2 heterocycles. The first-order valence-corrected chi connectivity index (χ1v) is 8.47. The van der Waals surface area contributed by atoms with Gasteiger partial charge in [0.1, 0.15) is 0 Å². The van der Waals surface area contributed by atoms with E-state index in [9.17, 15) is 4.79 Å². The summed E-state index contributed by atoms with van der Waals surface area (Å²) in [6.45, 7) is 12.3. The second-order valence-corrected chi connectivity index (χ2v) is 6.95. The van der Waals surface area contributed by atoms with Crippen molar-refractivity contribution in [2.45, 2.75) is 52.7 Å². The van der Waals surface area contributed by atoms with Gasteiger partial charge in [-0.2, -0.15) is 0 Å². The van der Waals surface area contributed by atoms with Crippen LogP contribution >= 0.6 is 0 Å². The van der Waals surface area contributed by atoms with Gasteiger partial charge in [-0.05, 0) is 37.8 Å². The Hall–Kier alpha value is -1.62. The van der Waals surface area contributed by atoms with E-state index in [2.05, 4.69) is 38.0 Å². The summed E-state index contributed by atoms with van der Waals surface area (Å²) in [4.78, 5) is 19.1. The highest BCUT2D eigenvalue weighted by Crippen LogP contribution is 2.25. The Labute approximate surface area is 139 Å². The molecule has 2 rings (SSSR count). The van der Waals surface area contributed by atoms with E-state index in [1.807, 2.05) is 24.0 Å². The highest BCUT2D eigenvalue weighted by molar-refractivity contribution is 5.75. The predicted octanol–water partition coefficient (Wildman–Crippen LogP) is 3.30. The number of aromatic nitrogens is 1. The number of hydrogen-bond acceptors (Lipinski definition) is 3. The number of rotatable bonds is 4. The zero-order valence-corrected chi connectivity index (χ0v) is 14.9. The van der Waals surface area contributed by atoms with Crippen LogP contribution in [0.15, 0.2) is 18.3 Å². The first kappa shape index (κ1) is 17.7. The molecular formula is C18H29N3O2. The molecule has 2 unspecified atom stereocenters. The highest BCUT2D eigenvalue weighted by Gasteiger charge is 2.33. The van der Waals surface area contributed by atoms with Gasteiger partial charge in [-0.15, -0.1) is 0 Å². The molecule has 1 aromatic heterocycles. The van der Waals surface area contributed by atoms with Crippen molar-refractivity contribution in [3.63, 3.8) is 0 Å². The largest absolute Gasteiger partial charge is 0.372 e. The summed E-state index contributed by atoms with van der Waals surface area (Å²) in [5, 5.41) is 3.17. The smallest absolute Gasteiger partial charge is 0.318 e. The minimum Gasteiger partial charge on any atom is -0.372 e. The van der Waals surface area contributed by atoms with Gasteiger partial charge in [0.05, 0.1) is 30.5 Å². The topological polar surface area (TPSA) is 54.5 Å². The lowest BCUT2D eigenvalue weighted by Crippen LogP contribution is -2.55. The molecule has 5 heteroatoms. The maximum Gasteiger partial charge on any atom is 0.318 e. The van der Waals surface area contributed by atoms with Crippen LogP contribution in [0.1, 0.15) is 51.4 Å². The van der Waals surface area contributed by atoms with Crippen molar-refractivity contribution in [2.24, 2.45) is 5.92 Å². The van der Waals surface area contributed by atoms with Crippen LogP contribution in [0.3, 0.4) is 0 Å². The minimum absolute atomic E-state index is 0.0308. The normalized spacial score (nSPS) is 23.0. The van der Waals surface area contributed by atoms with Crippen LogP contribution in [-0.2, 0) is 4.74 Å². The number of nitrogens with one attached hydrogen (secondary N) is 1. The maximum atomic E-state index is 12.7. The first-order chi connectivity index (χ1) is 10.9. The monoisotopic (exact) mass is 319 g/mol. The van der Waals surface area contributed by atoms with Gasteiger partial charge < -0.3 is 15.0 Å². The minimum atomic E-state index is -0.246. The molecule has 0 spiro atoms. The Bertz CT molecular complexity index is 547. The summed E-state index contributed by atoms with van der Waals surface area (Å²) in [5.74, 6) is 0.270. The fourth-order valence-corrected chi connectivity index (χ4v) is 2.92. The number of pyridine rings is 1. The molecule has 1 saturated heterocycles. The molecule has 128 valence electrons.